The summed E-state index contributed by atoms with van der Waals surface area (Å²) < 4.78 is 11.0. The number of rotatable bonds is 5. The van der Waals surface area contributed by atoms with Gasteiger partial charge in [0.1, 0.15) is 29.6 Å². The monoisotopic (exact) mass is 446 g/mol. The van der Waals surface area contributed by atoms with Crippen molar-refractivity contribution in [3.63, 3.8) is 0 Å². The van der Waals surface area contributed by atoms with Gasteiger partial charge in [-0.25, -0.2) is 4.98 Å². The second-order valence-electron chi connectivity index (χ2n) is 6.84. The van der Waals surface area contributed by atoms with E-state index in [4.69, 9.17) is 20.7 Å². The smallest absolute Gasteiger partial charge is 0.134 e. The lowest BCUT2D eigenvalue weighted by Crippen LogP contribution is -2.03. The third-order valence-electron chi connectivity index (χ3n) is 4.70. The molecule has 0 radical (unpaired) electrons. The minimum Gasteiger partial charge on any atom is -0.487 e. The molecule has 0 unspecified atom stereocenters. The number of aromatic nitrogens is 2. The van der Waals surface area contributed by atoms with Crippen LogP contribution in [0.25, 0.3) is 22.0 Å². The Labute approximate surface area is 187 Å². The third-order valence-corrected chi connectivity index (χ3v) is 4.70. The molecular formula is C22H24Cl2N4O2. The molecule has 0 aliphatic carbocycles. The molecule has 2 aromatic heterocycles. The van der Waals surface area contributed by atoms with E-state index in [0.29, 0.717) is 19.0 Å². The van der Waals surface area contributed by atoms with Crippen molar-refractivity contribution >= 4 is 41.5 Å². The Morgan fingerprint density at radius 2 is 1.70 bits per heavy atom. The highest BCUT2D eigenvalue weighted by atomic mass is 35.5. The van der Waals surface area contributed by atoms with Gasteiger partial charge in [0.05, 0.1) is 5.52 Å². The fraction of sp³-hybridized carbons (Fsp3) is 0.182. The van der Waals surface area contributed by atoms with Crippen LogP contribution in [0.4, 0.5) is 5.82 Å². The average Bonchev–Trinajstić information content (AvgIpc) is 3.10. The lowest BCUT2D eigenvalue weighted by molar-refractivity contribution is 0.285. The summed E-state index contributed by atoms with van der Waals surface area (Å²) in [6.07, 6.45) is 0. The van der Waals surface area contributed by atoms with Crippen LogP contribution in [0, 0.1) is 13.8 Å². The molecule has 4 N–H and O–H groups in total. The number of aryl methyl sites for hydroxylation is 2. The molecule has 0 fully saturated rings. The van der Waals surface area contributed by atoms with Crippen LogP contribution in [-0.2, 0) is 13.2 Å². The van der Waals surface area contributed by atoms with Crippen LogP contribution in [0.2, 0.25) is 0 Å². The van der Waals surface area contributed by atoms with Crippen LogP contribution in [-0.4, -0.2) is 10.1 Å². The summed E-state index contributed by atoms with van der Waals surface area (Å²) in [5.74, 6) is 2.02. The van der Waals surface area contributed by atoms with E-state index in [1.165, 1.54) is 0 Å². The topological polar surface area (TPSA) is 100 Å². The number of nitrogen functional groups attached to an aromatic ring is 1. The maximum Gasteiger partial charge on any atom is 0.134 e. The molecule has 4 aromatic rings. The third kappa shape index (κ3) is 4.84. The maximum atomic E-state index is 5.96. The Kier molecular flexibility index (Phi) is 7.67. The van der Waals surface area contributed by atoms with Gasteiger partial charge in [-0.2, -0.15) is 0 Å². The van der Waals surface area contributed by atoms with Gasteiger partial charge >= 0.3 is 0 Å². The van der Waals surface area contributed by atoms with E-state index in [1.54, 1.807) is 0 Å². The van der Waals surface area contributed by atoms with E-state index < -0.39 is 0 Å². The van der Waals surface area contributed by atoms with Crippen molar-refractivity contribution < 1.29 is 9.26 Å². The van der Waals surface area contributed by atoms with Crippen molar-refractivity contribution in [2.75, 3.05) is 5.73 Å². The fourth-order valence-electron chi connectivity index (χ4n) is 3.31. The molecule has 0 spiro atoms. The average molecular weight is 447 g/mol. The second-order valence-corrected chi connectivity index (χ2v) is 6.84. The van der Waals surface area contributed by atoms with Gasteiger partial charge in [0.25, 0.3) is 0 Å². The van der Waals surface area contributed by atoms with E-state index in [2.05, 4.69) is 22.3 Å². The first kappa shape index (κ1) is 23.5. The van der Waals surface area contributed by atoms with Gasteiger partial charge in [-0.05, 0) is 54.8 Å². The van der Waals surface area contributed by atoms with Crippen LogP contribution in [0.5, 0.6) is 5.75 Å². The van der Waals surface area contributed by atoms with Gasteiger partial charge in [-0.15, -0.1) is 24.8 Å². The van der Waals surface area contributed by atoms with E-state index in [1.807, 2.05) is 50.2 Å². The number of fused-ring (bicyclic) bond motifs is 1. The predicted molar refractivity (Wildman–Crippen MR) is 124 cm³/mol. The maximum absolute atomic E-state index is 5.96. The lowest BCUT2D eigenvalue weighted by Gasteiger charge is -2.12. The van der Waals surface area contributed by atoms with Crippen molar-refractivity contribution in [1.29, 1.82) is 0 Å². The molecule has 0 atom stereocenters. The number of hydrogen-bond donors (Lipinski definition) is 2. The lowest BCUT2D eigenvalue weighted by atomic mass is 9.99. The molecule has 4 rings (SSSR count). The van der Waals surface area contributed by atoms with E-state index in [-0.39, 0.29) is 24.8 Å². The van der Waals surface area contributed by atoms with Crippen molar-refractivity contribution in [2.24, 2.45) is 5.73 Å². The molecular weight excluding hydrogens is 423 g/mol. The van der Waals surface area contributed by atoms with Crippen LogP contribution in [0.3, 0.4) is 0 Å². The highest BCUT2D eigenvalue weighted by molar-refractivity contribution is 5.88. The summed E-state index contributed by atoms with van der Waals surface area (Å²) in [6, 6.07) is 15.9. The quantitative estimate of drug-likeness (QED) is 0.448. The van der Waals surface area contributed by atoms with Crippen LogP contribution < -0.4 is 16.2 Å². The number of benzene rings is 2. The Morgan fingerprint density at radius 1 is 0.967 bits per heavy atom. The fourth-order valence-corrected chi connectivity index (χ4v) is 3.31. The van der Waals surface area contributed by atoms with Crippen molar-refractivity contribution in [2.45, 2.75) is 27.0 Å². The molecule has 0 aliphatic rings. The summed E-state index contributed by atoms with van der Waals surface area (Å²) in [4.78, 5) is 4.46. The first-order valence-electron chi connectivity index (χ1n) is 9.09. The molecule has 0 saturated heterocycles. The van der Waals surface area contributed by atoms with Gasteiger partial charge in [0, 0.05) is 23.6 Å². The summed E-state index contributed by atoms with van der Waals surface area (Å²) in [6.45, 7) is 4.60. The van der Waals surface area contributed by atoms with Gasteiger partial charge in [0.2, 0.25) is 0 Å². The summed E-state index contributed by atoms with van der Waals surface area (Å²) in [7, 11) is 0. The van der Waals surface area contributed by atoms with Gasteiger partial charge in [-0.3, -0.25) is 0 Å². The SMILES string of the molecule is Cc1cc(COc2ccc(-c3ccc4c(C)cc(N)nc4c3)cc2CN)no1.Cl.Cl. The van der Waals surface area contributed by atoms with Crippen molar-refractivity contribution in [3.8, 4) is 16.9 Å². The number of hydrogen-bond acceptors (Lipinski definition) is 6. The first-order chi connectivity index (χ1) is 13.5. The molecule has 0 bridgehead atoms. The van der Waals surface area contributed by atoms with E-state index >= 15 is 0 Å². The molecule has 6 nitrogen and oxygen atoms in total. The summed E-state index contributed by atoms with van der Waals surface area (Å²) in [5, 5.41) is 5.04. The largest absolute Gasteiger partial charge is 0.487 e. The Bertz CT molecular complexity index is 1160. The normalized spacial score (nSPS) is 10.4. The minimum absolute atomic E-state index is 0. The van der Waals surface area contributed by atoms with Crippen molar-refractivity contribution in [1.82, 2.24) is 10.1 Å². The number of anilines is 1. The van der Waals surface area contributed by atoms with E-state index in [0.717, 1.165) is 50.4 Å². The first-order valence-corrected chi connectivity index (χ1v) is 9.09. The van der Waals surface area contributed by atoms with E-state index in [9.17, 15) is 0 Å². The number of nitrogens with zero attached hydrogens (tertiary/aromatic N) is 2. The number of halogens is 2. The predicted octanol–water partition coefficient (Wildman–Crippen LogP) is 4.97. The molecule has 8 heteroatoms. The molecule has 2 aromatic carbocycles. The summed E-state index contributed by atoms with van der Waals surface area (Å²) in [5.41, 5.74) is 17.6. The highest BCUT2D eigenvalue weighted by Crippen LogP contribution is 2.30. The molecule has 30 heavy (non-hydrogen) atoms. The van der Waals surface area contributed by atoms with Gasteiger partial charge < -0.3 is 20.7 Å². The minimum atomic E-state index is 0. The summed E-state index contributed by atoms with van der Waals surface area (Å²) >= 11 is 0. The second kappa shape index (κ2) is 9.80. The highest BCUT2D eigenvalue weighted by Gasteiger charge is 2.09. The number of pyridine rings is 1. The zero-order chi connectivity index (χ0) is 19.7. The number of ether oxygens (including phenoxy) is 1. The van der Waals surface area contributed by atoms with Crippen molar-refractivity contribution in [3.05, 3.63) is 71.1 Å². The molecule has 158 valence electrons. The van der Waals surface area contributed by atoms with Crippen LogP contribution in [0.15, 0.2) is 53.1 Å². The van der Waals surface area contributed by atoms with Gasteiger partial charge in [-0.1, -0.05) is 23.4 Å². The zero-order valence-electron chi connectivity index (χ0n) is 16.7. The number of nitrogens with two attached hydrogens (primary N) is 2. The molecule has 0 aliphatic heterocycles. The Morgan fingerprint density at radius 3 is 2.40 bits per heavy atom. The van der Waals surface area contributed by atoms with Crippen LogP contribution >= 0.6 is 24.8 Å². The van der Waals surface area contributed by atoms with Gasteiger partial charge in [0.15, 0.2) is 0 Å². The Balaban J connectivity index is 0.00000160. The standard InChI is InChI=1S/C22H22N4O2.2ClH/c1-13-7-22(24)25-20-10-16(3-5-19(13)20)15-4-6-21(17(9-15)11-23)27-12-18-8-14(2)28-26-18;;/h3-10H,11-12,23H2,1-2H3,(H2,24,25);2*1H. The Hall–Kier alpha value is -2.80. The molecule has 0 amide bonds. The zero-order valence-corrected chi connectivity index (χ0v) is 18.3. The molecule has 2 heterocycles. The molecule has 0 saturated carbocycles. The van der Waals surface area contributed by atoms with Crippen LogP contribution in [0.1, 0.15) is 22.6 Å².